The Balaban J connectivity index is 1.86. The van der Waals surface area contributed by atoms with Crippen LogP contribution in [0.1, 0.15) is 83.1 Å². The van der Waals surface area contributed by atoms with Gasteiger partial charge in [0.1, 0.15) is 5.82 Å². The molecule has 0 radical (unpaired) electrons. The zero-order valence-electron chi connectivity index (χ0n) is 19.5. The Morgan fingerprint density at radius 3 is 2.34 bits per heavy atom. The zero-order valence-corrected chi connectivity index (χ0v) is 19.5. The minimum atomic E-state index is -0.636. The average Bonchev–Trinajstić information content (AvgIpc) is 2.99. The number of carbonyl (C=O) groups excluding carboxylic acids is 3. The predicted molar refractivity (Wildman–Crippen MR) is 123 cm³/mol. The molecule has 1 aromatic carbocycles. The van der Waals surface area contributed by atoms with Gasteiger partial charge in [0.2, 0.25) is 0 Å². The summed E-state index contributed by atoms with van der Waals surface area (Å²) in [7, 11) is 1.68. The van der Waals surface area contributed by atoms with Crippen LogP contribution in [0.15, 0.2) is 18.2 Å². The highest BCUT2D eigenvalue weighted by Crippen LogP contribution is 2.31. The molecule has 7 heteroatoms. The molecular weight excluding hydrogens is 409 g/mol. The molecule has 0 aliphatic heterocycles. The van der Waals surface area contributed by atoms with Gasteiger partial charge in [-0.2, -0.15) is 0 Å². The van der Waals surface area contributed by atoms with Crippen molar-refractivity contribution in [3.63, 3.8) is 0 Å². The lowest BCUT2D eigenvalue weighted by molar-refractivity contribution is -0.119. The minimum Gasteiger partial charge on any atom is -0.344 e. The Kier molecular flexibility index (Phi) is 6.86. The fourth-order valence-electron chi connectivity index (χ4n) is 4.75. The normalized spacial score (nSPS) is 15.3. The predicted octanol–water partition coefficient (Wildman–Crippen LogP) is 4.75. The van der Waals surface area contributed by atoms with Gasteiger partial charge in [0.15, 0.2) is 0 Å². The summed E-state index contributed by atoms with van der Waals surface area (Å²) in [6, 6.07) is 4.33. The van der Waals surface area contributed by atoms with Gasteiger partial charge in [0.25, 0.3) is 17.6 Å². The minimum absolute atomic E-state index is 0.211. The Morgan fingerprint density at radius 2 is 1.75 bits per heavy atom. The van der Waals surface area contributed by atoms with E-state index in [9.17, 15) is 18.8 Å². The van der Waals surface area contributed by atoms with Gasteiger partial charge in [-0.1, -0.05) is 26.2 Å². The van der Waals surface area contributed by atoms with Crippen molar-refractivity contribution >= 4 is 23.3 Å². The number of nitrogens with one attached hydrogen (secondary N) is 2. The molecule has 2 N–H and O–H groups in total. The van der Waals surface area contributed by atoms with Gasteiger partial charge in [-0.15, -0.1) is 0 Å². The molecule has 1 aliphatic carbocycles. The fourth-order valence-corrected chi connectivity index (χ4v) is 4.75. The molecule has 1 aliphatic rings. The summed E-state index contributed by atoms with van der Waals surface area (Å²) >= 11 is 0. The summed E-state index contributed by atoms with van der Waals surface area (Å²) in [5.74, 6) is -2.02. The maximum Gasteiger partial charge on any atom is 0.294 e. The first-order valence-corrected chi connectivity index (χ1v) is 11.2. The number of aromatic nitrogens is 1. The van der Waals surface area contributed by atoms with Crippen molar-refractivity contribution < 1.29 is 18.8 Å². The number of Topliss-reactive ketones (excluding diaryl/α,β-unsaturated/α-hetero) is 1. The number of benzene rings is 1. The topological polar surface area (TPSA) is 80.2 Å². The molecule has 1 saturated carbocycles. The number of carbonyl (C=O) groups is 3. The van der Waals surface area contributed by atoms with Crippen LogP contribution in [0.25, 0.3) is 0 Å². The summed E-state index contributed by atoms with van der Waals surface area (Å²) in [6.07, 6.45) is 5.75. The molecule has 2 amide bonds. The number of aryl methyl sites for hydroxylation is 1. The van der Waals surface area contributed by atoms with Crippen LogP contribution in [-0.4, -0.2) is 27.7 Å². The number of amides is 2. The van der Waals surface area contributed by atoms with E-state index >= 15 is 0 Å². The standard InChI is InChI=1S/C25H32FN3O3/c1-6-25(12-8-7-9-13-25)28-24(32)22(30)21-16(3)20(17(4)29(21)5)23(31)27-18-10-11-19(26)15(2)14-18/h10-11,14H,6-9,12-13H2,1-5H3,(H,27,31)(H,28,32). The molecule has 0 spiro atoms. The first-order chi connectivity index (χ1) is 15.1. The van der Waals surface area contributed by atoms with Crippen LogP contribution in [0, 0.1) is 26.6 Å². The third kappa shape index (κ3) is 4.47. The molecule has 32 heavy (non-hydrogen) atoms. The monoisotopic (exact) mass is 441 g/mol. The highest BCUT2D eigenvalue weighted by atomic mass is 19.1. The van der Waals surface area contributed by atoms with E-state index in [1.807, 2.05) is 6.92 Å². The van der Waals surface area contributed by atoms with Gasteiger partial charge in [0.05, 0.1) is 11.3 Å². The molecule has 0 atom stereocenters. The Morgan fingerprint density at radius 1 is 1.09 bits per heavy atom. The molecule has 0 bridgehead atoms. The summed E-state index contributed by atoms with van der Waals surface area (Å²) in [4.78, 5) is 39.1. The van der Waals surface area contributed by atoms with Gasteiger partial charge in [-0.3, -0.25) is 14.4 Å². The van der Waals surface area contributed by atoms with Crippen molar-refractivity contribution in [3.8, 4) is 0 Å². The van der Waals surface area contributed by atoms with E-state index < -0.39 is 17.6 Å². The molecule has 172 valence electrons. The van der Waals surface area contributed by atoms with Crippen molar-refractivity contribution in [1.29, 1.82) is 0 Å². The maximum atomic E-state index is 13.5. The van der Waals surface area contributed by atoms with E-state index in [2.05, 4.69) is 10.6 Å². The molecule has 2 aromatic rings. The third-order valence-electron chi connectivity index (χ3n) is 6.86. The van der Waals surface area contributed by atoms with Crippen LogP contribution in [-0.2, 0) is 11.8 Å². The van der Waals surface area contributed by atoms with Crippen LogP contribution < -0.4 is 10.6 Å². The summed E-state index contributed by atoms with van der Waals surface area (Å²) in [6.45, 7) is 7.07. The first kappa shape index (κ1) is 23.7. The highest BCUT2D eigenvalue weighted by molar-refractivity contribution is 6.43. The van der Waals surface area contributed by atoms with Crippen LogP contribution in [0.3, 0.4) is 0 Å². The van der Waals surface area contributed by atoms with E-state index in [0.29, 0.717) is 28.1 Å². The molecule has 1 heterocycles. The van der Waals surface area contributed by atoms with Crippen molar-refractivity contribution in [3.05, 3.63) is 52.1 Å². The average molecular weight is 442 g/mol. The molecule has 0 saturated heterocycles. The lowest BCUT2D eigenvalue weighted by atomic mass is 9.79. The van der Waals surface area contributed by atoms with E-state index in [1.165, 1.54) is 12.1 Å². The second kappa shape index (κ2) is 9.27. The zero-order chi connectivity index (χ0) is 23.6. The van der Waals surface area contributed by atoms with Gasteiger partial charge >= 0.3 is 0 Å². The van der Waals surface area contributed by atoms with Crippen LogP contribution in [0.2, 0.25) is 0 Å². The molecule has 1 fully saturated rings. The van der Waals surface area contributed by atoms with Crippen molar-refractivity contribution in [1.82, 2.24) is 9.88 Å². The number of nitrogens with zero attached hydrogens (tertiary/aromatic N) is 1. The van der Waals surface area contributed by atoms with Crippen molar-refractivity contribution in [2.24, 2.45) is 7.05 Å². The van der Waals surface area contributed by atoms with E-state index in [4.69, 9.17) is 0 Å². The van der Waals surface area contributed by atoms with Gasteiger partial charge < -0.3 is 15.2 Å². The smallest absolute Gasteiger partial charge is 0.294 e. The lowest BCUT2D eigenvalue weighted by Gasteiger charge is -2.37. The maximum absolute atomic E-state index is 13.5. The Hall–Kier alpha value is -2.96. The highest BCUT2D eigenvalue weighted by Gasteiger charge is 2.35. The van der Waals surface area contributed by atoms with Gasteiger partial charge in [0, 0.05) is 24.0 Å². The number of anilines is 1. The quantitative estimate of drug-likeness (QED) is 0.501. The second-order valence-electron chi connectivity index (χ2n) is 8.89. The molecule has 0 unspecified atom stereocenters. The largest absolute Gasteiger partial charge is 0.344 e. The molecular formula is C25H32FN3O3. The van der Waals surface area contributed by atoms with Crippen LogP contribution >= 0.6 is 0 Å². The van der Waals surface area contributed by atoms with E-state index in [-0.39, 0.29) is 17.1 Å². The Labute approximate surface area is 188 Å². The number of rotatable bonds is 6. The number of ketones is 1. The molecule has 6 nitrogen and oxygen atoms in total. The summed E-state index contributed by atoms with van der Waals surface area (Å²) in [5, 5.41) is 5.77. The van der Waals surface area contributed by atoms with E-state index in [0.717, 1.165) is 38.5 Å². The van der Waals surface area contributed by atoms with E-state index in [1.54, 1.807) is 38.5 Å². The van der Waals surface area contributed by atoms with Crippen LogP contribution in [0.4, 0.5) is 10.1 Å². The number of hydrogen-bond acceptors (Lipinski definition) is 3. The third-order valence-corrected chi connectivity index (χ3v) is 6.86. The molecule has 1 aromatic heterocycles. The van der Waals surface area contributed by atoms with Gasteiger partial charge in [-0.25, -0.2) is 4.39 Å². The lowest BCUT2D eigenvalue weighted by Crippen LogP contribution is -2.51. The van der Waals surface area contributed by atoms with Gasteiger partial charge in [-0.05, 0) is 69.4 Å². The van der Waals surface area contributed by atoms with Crippen molar-refractivity contribution in [2.75, 3.05) is 5.32 Å². The SMILES string of the molecule is CCC1(NC(=O)C(=O)c2c(C)c(C(=O)Nc3ccc(F)c(C)c3)c(C)n2C)CCCCC1. The number of hydrogen-bond donors (Lipinski definition) is 2. The second-order valence-corrected chi connectivity index (χ2v) is 8.89. The number of halogens is 1. The summed E-state index contributed by atoms with van der Waals surface area (Å²) < 4.78 is 15.1. The fraction of sp³-hybridized carbons (Fsp3) is 0.480. The first-order valence-electron chi connectivity index (χ1n) is 11.2. The molecule has 3 rings (SSSR count). The van der Waals surface area contributed by atoms with Crippen LogP contribution in [0.5, 0.6) is 0 Å². The Bertz CT molecular complexity index is 1060. The summed E-state index contributed by atoms with van der Waals surface area (Å²) in [5.41, 5.74) is 2.14. The van der Waals surface area contributed by atoms with Crippen molar-refractivity contribution in [2.45, 2.75) is 71.8 Å².